The fourth-order valence-electron chi connectivity index (χ4n) is 1.91. The Bertz CT molecular complexity index is 638. The van der Waals surface area contributed by atoms with Gasteiger partial charge in [0.25, 0.3) is 0 Å². The molecule has 0 radical (unpaired) electrons. The zero-order valence-electron chi connectivity index (χ0n) is 11.4. The molecular weight excluding hydrogens is 266 g/mol. The van der Waals surface area contributed by atoms with Crippen LogP contribution in [0.1, 0.15) is 11.1 Å². The number of rotatable bonds is 6. The molecule has 4 heteroatoms. The van der Waals surface area contributed by atoms with E-state index in [-0.39, 0.29) is 5.91 Å². The summed E-state index contributed by atoms with van der Waals surface area (Å²) in [6.45, 7) is 0.736. The van der Waals surface area contributed by atoms with Crippen LogP contribution in [0.25, 0.3) is 0 Å². The number of hydrogen-bond acceptors (Lipinski definition) is 3. The van der Waals surface area contributed by atoms with Gasteiger partial charge in [0, 0.05) is 0 Å². The molecule has 2 aromatic rings. The Hall–Kier alpha value is -2.59. The van der Waals surface area contributed by atoms with Crippen molar-refractivity contribution in [3.63, 3.8) is 0 Å². The second-order valence-electron chi connectivity index (χ2n) is 4.66. The van der Waals surface area contributed by atoms with Crippen LogP contribution in [0, 0.1) is 0 Å². The van der Waals surface area contributed by atoms with Gasteiger partial charge in [-0.2, -0.15) is 5.06 Å². The van der Waals surface area contributed by atoms with Crippen molar-refractivity contribution in [2.24, 2.45) is 0 Å². The molecule has 0 atom stereocenters. The number of nitrogens with zero attached hydrogens (tertiary/aromatic N) is 1. The summed E-state index contributed by atoms with van der Waals surface area (Å²) in [4.78, 5) is 17.2. The molecular formula is C17H15NO3. The minimum Gasteiger partial charge on any atom is -0.482 e. The summed E-state index contributed by atoms with van der Waals surface area (Å²) < 4.78 is 5.45. The third-order valence-corrected chi connectivity index (χ3v) is 3.10. The molecule has 3 rings (SSSR count). The number of carbonyl (C=O) groups excluding carboxylic acids is 1. The van der Waals surface area contributed by atoms with Crippen molar-refractivity contribution in [2.45, 2.75) is 13.2 Å². The van der Waals surface area contributed by atoms with E-state index in [1.165, 1.54) is 5.06 Å². The molecule has 1 heterocycles. The quantitative estimate of drug-likeness (QED) is 0.817. The second kappa shape index (κ2) is 6.24. The number of hydrogen-bond donors (Lipinski definition) is 0. The van der Waals surface area contributed by atoms with Crippen molar-refractivity contribution in [1.29, 1.82) is 0 Å². The lowest BCUT2D eigenvalue weighted by molar-refractivity contribution is -0.185. The molecule has 0 fully saturated rings. The van der Waals surface area contributed by atoms with Gasteiger partial charge in [0.2, 0.25) is 5.76 Å². The predicted molar refractivity (Wildman–Crippen MR) is 77.4 cm³/mol. The SMILES string of the molecule is O=C1C(OCc2ccccc2)=CN1OCc1ccccc1. The normalized spacial score (nSPS) is 13.6. The van der Waals surface area contributed by atoms with Crippen LogP contribution in [0.4, 0.5) is 0 Å². The highest BCUT2D eigenvalue weighted by molar-refractivity contribution is 5.96. The molecule has 0 aromatic heterocycles. The van der Waals surface area contributed by atoms with E-state index in [1.807, 2.05) is 60.7 Å². The molecule has 0 saturated heterocycles. The molecule has 1 aliphatic rings. The summed E-state index contributed by atoms with van der Waals surface area (Å²) in [7, 11) is 0. The first-order valence-corrected chi connectivity index (χ1v) is 6.72. The minimum absolute atomic E-state index is 0.248. The number of carbonyl (C=O) groups is 1. The lowest BCUT2D eigenvalue weighted by Gasteiger charge is -2.27. The lowest BCUT2D eigenvalue weighted by Crippen LogP contribution is -2.37. The van der Waals surface area contributed by atoms with E-state index in [1.54, 1.807) is 6.20 Å². The van der Waals surface area contributed by atoms with E-state index in [0.717, 1.165) is 11.1 Å². The van der Waals surface area contributed by atoms with Crippen molar-refractivity contribution < 1.29 is 14.4 Å². The van der Waals surface area contributed by atoms with Gasteiger partial charge in [0.15, 0.2) is 0 Å². The molecule has 0 unspecified atom stereocenters. The fraction of sp³-hybridized carbons (Fsp3) is 0.118. The Morgan fingerprint density at radius 3 is 1.95 bits per heavy atom. The molecule has 0 saturated carbocycles. The van der Waals surface area contributed by atoms with E-state index in [9.17, 15) is 4.79 Å². The highest BCUT2D eigenvalue weighted by atomic mass is 16.7. The van der Waals surface area contributed by atoms with Gasteiger partial charge in [0.05, 0.1) is 6.20 Å². The van der Waals surface area contributed by atoms with Crippen molar-refractivity contribution in [3.8, 4) is 0 Å². The number of amides is 1. The van der Waals surface area contributed by atoms with Gasteiger partial charge < -0.3 is 4.74 Å². The molecule has 1 aliphatic heterocycles. The molecule has 0 spiro atoms. The highest BCUT2D eigenvalue weighted by Gasteiger charge is 2.30. The van der Waals surface area contributed by atoms with Crippen LogP contribution in [-0.2, 0) is 27.6 Å². The van der Waals surface area contributed by atoms with Crippen LogP contribution in [0.2, 0.25) is 0 Å². The van der Waals surface area contributed by atoms with Crippen LogP contribution in [0.5, 0.6) is 0 Å². The van der Waals surface area contributed by atoms with Crippen molar-refractivity contribution in [2.75, 3.05) is 0 Å². The zero-order valence-corrected chi connectivity index (χ0v) is 11.4. The number of hydroxylamine groups is 2. The Morgan fingerprint density at radius 2 is 1.38 bits per heavy atom. The Kier molecular flexibility index (Phi) is 3.98. The van der Waals surface area contributed by atoms with Crippen molar-refractivity contribution in [1.82, 2.24) is 5.06 Å². The van der Waals surface area contributed by atoms with Crippen LogP contribution >= 0.6 is 0 Å². The highest BCUT2D eigenvalue weighted by Crippen LogP contribution is 2.20. The first-order chi connectivity index (χ1) is 10.3. The predicted octanol–water partition coefficient (Wildman–Crippen LogP) is 3.02. The summed E-state index contributed by atoms with van der Waals surface area (Å²) in [6, 6.07) is 19.4. The molecule has 2 aromatic carbocycles. The van der Waals surface area contributed by atoms with Gasteiger partial charge in [-0.1, -0.05) is 60.7 Å². The van der Waals surface area contributed by atoms with Crippen LogP contribution in [-0.4, -0.2) is 11.0 Å². The first-order valence-electron chi connectivity index (χ1n) is 6.72. The van der Waals surface area contributed by atoms with E-state index in [4.69, 9.17) is 9.57 Å². The molecule has 1 amide bonds. The van der Waals surface area contributed by atoms with E-state index in [0.29, 0.717) is 19.0 Å². The standard InChI is InChI=1S/C17H15NO3/c19-17-16(20-12-14-7-3-1-4-8-14)11-18(17)21-13-15-9-5-2-6-10-15/h1-11H,12-13H2. The van der Waals surface area contributed by atoms with Gasteiger partial charge in [0.1, 0.15) is 13.2 Å². The lowest BCUT2D eigenvalue weighted by atomic mass is 10.2. The van der Waals surface area contributed by atoms with E-state index >= 15 is 0 Å². The van der Waals surface area contributed by atoms with Gasteiger partial charge in [-0.25, -0.2) is 0 Å². The number of ether oxygens (including phenoxy) is 1. The van der Waals surface area contributed by atoms with Crippen LogP contribution < -0.4 is 0 Å². The molecule has 21 heavy (non-hydrogen) atoms. The minimum atomic E-state index is -0.248. The van der Waals surface area contributed by atoms with E-state index in [2.05, 4.69) is 0 Å². The van der Waals surface area contributed by atoms with Gasteiger partial charge in [-0.15, -0.1) is 0 Å². The maximum Gasteiger partial charge on any atom is 0.318 e. The van der Waals surface area contributed by atoms with Gasteiger partial charge in [-0.05, 0) is 11.1 Å². The summed E-state index contributed by atoms with van der Waals surface area (Å²) in [5, 5.41) is 1.20. The Labute approximate surface area is 123 Å². The molecule has 0 N–H and O–H groups in total. The first kappa shape index (κ1) is 13.4. The van der Waals surface area contributed by atoms with E-state index < -0.39 is 0 Å². The number of benzene rings is 2. The average Bonchev–Trinajstić information content (AvgIpc) is 2.55. The van der Waals surface area contributed by atoms with Crippen molar-refractivity contribution in [3.05, 3.63) is 83.7 Å². The summed E-state index contributed by atoms with van der Waals surface area (Å²) >= 11 is 0. The third-order valence-electron chi connectivity index (χ3n) is 3.10. The monoisotopic (exact) mass is 281 g/mol. The summed E-state index contributed by atoms with van der Waals surface area (Å²) in [6.07, 6.45) is 1.56. The fourth-order valence-corrected chi connectivity index (χ4v) is 1.91. The van der Waals surface area contributed by atoms with Gasteiger partial charge >= 0.3 is 5.91 Å². The molecule has 4 nitrogen and oxygen atoms in total. The summed E-state index contributed by atoms with van der Waals surface area (Å²) in [5.41, 5.74) is 2.03. The maximum absolute atomic E-state index is 11.8. The Morgan fingerprint density at radius 1 is 0.810 bits per heavy atom. The second-order valence-corrected chi connectivity index (χ2v) is 4.66. The third kappa shape index (κ3) is 3.30. The van der Waals surface area contributed by atoms with Crippen LogP contribution in [0.3, 0.4) is 0 Å². The molecule has 0 bridgehead atoms. The maximum atomic E-state index is 11.8. The largest absolute Gasteiger partial charge is 0.482 e. The van der Waals surface area contributed by atoms with Crippen LogP contribution in [0.15, 0.2) is 72.6 Å². The summed E-state index contributed by atoms with van der Waals surface area (Å²) in [5.74, 6) is 0.0776. The van der Waals surface area contributed by atoms with Gasteiger partial charge in [-0.3, -0.25) is 9.63 Å². The molecule has 0 aliphatic carbocycles. The Balaban J connectivity index is 1.48. The van der Waals surface area contributed by atoms with Crippen molar-refractivity contribution >= 4 is 5.91 Å². The average molecular weight is 281 g/mol. The smallest absolute Gasteiger partial charge is 0.318 e. The molecule has 106 valence electrons. The topological polar surface area (TPSA) is 38.8 Å². The zero-order chi connectivity index (χ0) is 14.5.